The summed E-state index contributed by atoms with van der Waals surface area (Å²) >= 11 is 8.02. The third-order valence-electron chi connectivity index (χ3n) is 2.73. The Bertz CT molecular complexity index is 448. The molecule has 0 bridgehead atoms. The van der Waals surface area contributed by atoms with E-state index in [9.17, 15) is 4.79 Å². The highest BCUT2D eigenvalue weighted by Gasteiger charge is 2.22. The Morgan fingerprint density at radius 2 is 2.35 bits per heavy atom. The average molecular weight is 314 g/mol. The van der Waals surface area contributed by atoms with Gasteiger partial charge in [-0.05, 0) is 41.3 Å². The molecule has 1 aromatic rings. The first kappa shape index (κ1) is 12.4. The van der Waals surface area contributed by atoms with Crippen molar-refractivity contribution in [2.75, 3.05) is 5.32 Å². The van der Waals surface area contributed by atoms with Crippen LogP contribution in [0.2, 0.25) is 0 Å². The molecule has 0 aromatic carbocycles. The number of carbonyl (C=O) groups is 1. The Labute approximate surface area is 113 Å². The maximum atomic E-state index is 12.0. The monoisotopic (exact) mass is 313 g/mol. The Morgan fingerprint density at radius 3 is 2.94 bits per heavy atom. The van der Waals surface area contributed by atoms with Crippen LogP contribution in [0.25, 0.3) is 0 Å². The van der Waals surface area contributed by atoms with Crippen LogP contribution in [0.4, 0.5) is 5.82 Å². The number of hydrogen-bond donors (Lipinski definition) is 2. The maximum absolute atomic E-state index is 12.0. The summed E-state index contributed by atoms with van der Waals surface area (Å²) in [6.45, 7) is 0. The number of carbonyl (C=O) groups excluding carboxylic acids is 1. The molecule has 0 saturated heterocycles. The second-order valence-electron chi connectivity index (χ2n) is 3.91. The fraction of sp³-hybridized carbons (Fsp3) is 0.364. The fourth-order valence-electron chi connectivity index (χ4n) is 1.60. The number of thiocarbonyl (C=S) groups is 1. The van der Waals surface area contributed by atoms with Gasteiger partial charge in [-0.25, -0.2) is 4.98 Å². The molecular formula is C11H12BrN3OS. The zero-order chi connectivity index (χ0) is 12.3. The van der Waals surface area contributed by atoms with Gasteiger partial charge in [-0.15, -0.1) is 0 Å². The van der Waals surface area contributed by atoms with Crippen LogP contribution in [0.1, 0.15) is 29.6 Å². The largest absolute Gasteiger partial charge is 0.349 e. The van der Waals surface area contributed by atoms with Crippen molar-refractivity contribution in [3.63, 3.8) is 0 Å². The highest BCUT2D eigenvalue weighted by atomic mass is 79.9. The molecule has 6 heteroatoms. The number of aromatic nitrogens is 1. The number of nitrogens with zero attached hydrogens (tertiary/aromatic N) is 1. The molecule has 1 aromatic heterocycles. The number of rotatable bonds is 4. The van der Waals surface area contributed by atoms with Crippen molar-refractivity contribution in [2.45, 2.75) is 25.3 Å². The van der Waals surface area contributed by atoms with Crippen LogP contribution in [0, 0.1) is 0 Å². The predicted molar refractivity (Wildman–Crippen MR) is 74.3 cm³/mol. The summed E-state index contributed by atoms with van der Waals surface area (Å²) in [5.41, 5.74) is 1.85. The van der Waals surface area contributed by atoms with Gasteiger partial charge in [0.1, 0.15) is 5.82 Å². The van der Waals surface area contributed by atoms with Crippen LogP contribution in [0.5, 0.6) is 0 Å². The van der Waals surface area contributed by atoms with E-state index in [-0.39, 0.29) is 5.91 Å². The summed E-state index contributed by atoms with van der Waals surface area (Å²) in [6, 6.07) is 2.05. The first-order chi connectivity index (χ1) is 8.20. The van der Waals surface area contributed by atoms with Crippen LogP contribution >= 0.6 is 28.1 Å². The third kappa shape index (κ3) is 3.01. The van der Waals surface area contributed by atoms with Crippen LogP contribution in [-0.2, 0) is 0 Å². The highest BCUT2D eigenvalue weighted by molar-refractivity contribution is 9.10. The zero-order valence-corrected chi connectivity index (χ0v) is 11.5. The van der Waals surface area contributed by atoms with Crippen LogP contribution in [0.15, 0.2) is 16.7 Å². The van der Waals surface area contributed by atoms with Crippen molar-refractivity contribution in [1.29, 1.82) is 0 Å². The number of amides is 1. The van der Waals surface area contributed by atoms with Crippen LogP contribution in [0.3, 0.4) is 0 Å². The van der Waals surface area contributed by atoms with Gasteiger partial charge in [-0.2, -0.15) is 0 Å². The molecule has 0 spiro atoms. The molecule has 1 saturated carbocycles. The molecule has 2 rings (SSSR count). The van der Waals surface area contributed by atoms with E-state index in [1.165, 1.54) is 11.9 Å². The summed E-state index contributed by atoms with van der Waals surface area (Å²) in [5, 5.41) is 5.76. The van der Waals surface area contributed by atoms with Crippen molar-refractivity contribution in [3.8, 4) is 0 Å². The predicted octanol–water partition coefficient (Wildman–Crippen LogP) is 2.50. The molecule has 90 valence electrons. The van der Waals surface area contributed by atoms with Gasteiger partial charge in [0.05, 0.1) is 11.1 Å². The Morgan fingerprint density at radius 1 is 1.59 bits per heavy atom. The summed E-state index contributed by atoms with van der Waals surface area (Å²) in [5.74, 6) is 0.378. The molecule has 0 radical (unpaired) electrons. The molecule has 1 heterocycles. The highest BCUT2D eigenvalue weighted by Crippen LogP contribution is 2.21. The molecule has 0 aliphatic heterocycles. The second-order valence-corrected chi connectivity index (χ2v) is 5.06. The van der Waals surface area contributed by atoms with Crippen molar-refractivity contribution >= 4 is 45.4 Å². The topological polar surface area (TPSA) is 54.0 Å². The zero-order valence-electron chi connectivity index (χ0n) is 9.07. The number of nitrogens with one attached hydrogen (secondary N) is 2. The lowest BCUT2D eigenvalue weighted by atomic mass is 9.93. The van der Waals surface area contributed by atoms with Gasteiger partial charge in [-0.1, -0.05) is 12.2 Å². The van der Waals surface area contributed by atoms with E-state index in [0.717, 1.165) is 17.3 Å². The molecule has 1 aliphatic carbocycles. The number of hydrogen-bond acceptors (Lipinski definition) is 3. The van der Waals surface area contributed by atoms with E-state index in [1.54, 1.807) is 12.3 Å². The minimum Gasteiger partial charge on any atom is -0.349 e. The third-order valence-corrected chi connectivity index (χ3v) is 3.29. The summed E-state index contributed by atoms with van der Waals surface area (Å²) in [7, 11) is 0. The quantitative estimate of drug-likeness (QED) is 0.839. The van der Waals surface area contributed by atoms with Gasteiger partial charge in [0.15, 0.2) is 0 Å². The minimum atomic E-state index is -0.108. The number of anilines is 1. The Kier molecular flexibility index (Phi) is 4.06. The van der Waals surface area contributed by atoms with E-state index in [4.69, 9.17) is 12.2 Å². The van der Waals surface area contributed by atoms with Gasteiger partial charge in [0.25, 0.3) is 5.91 Å². The SMILES string of the molecule is O=C(NC1CCC1)c1cc(Br)cnc1NC=S. The van der Waals surface area contributed by atoms with E-state index >= 15 is 0 Å². The smallest absolute Gasteiger partial charge is 0.255 e. The summed E-state index contributed by atoms with van der Waals surface area (Å²) in [6.07, 6.45) is 4.93. The standard InChI is InChI=1S/C11H12BrN3OS/c12-7-4-9(10(13-5-7)14-6-17)11(16)15-8-2-1-3-8/h4-6,8H,1-3H2,(H,15,16)(H,13,14,17). The normalized spacial score (nSPS) is 14.9. The summed E-state index contributed by atoms with van der Waals surface area (Å²) in [4.78, 5) is 16.2. The first-order valence-electron chi connectivity index (χ1n) is 5.37. The molecule has 2 N–H and O–H groups in total. The van der Waals surface area contributed by atoms with Gasteiger partial charge < -0.3 is 10.6 Å². The van der Waals surface area contributed by atoms with Gasteiger partial charge in [-0.3, -0.25) is 4.79 Å². The number of halogens is 1. The van der Waals surface area contributed by atoms with Gasteiger partial charge in [0.2, 0.25) is 0 Å². The molecule has 0 atom stereocenters. The van der Waals surface area contributed by atoms with Crippen molar-refractivity contribution < 1.29 is 4.79 Å². The molecule has 1 amide bonds. The Balaban J connectivity index is 2.18. The van der Waals surface area contributed by atoms with E-state index in [1.807, 2.05) is 0 Å². The second kappa shape index (κ2) is 5.55. The Hall–Kier alpha value is -1.01. The van der Waals surface area contributed by atoms with Crippen molar-refractivity contribution in [2.24, 2.45) is 0 Å². The molecule has 1 aliphatic rings. The number of pyridine rings is 1. The molecule has 17 heavy (non-hydrogen) atoms. The minimum absolute atomic E-state index is 0.108. The van der Waals surface area contributed by atoms with Gasteiger partial charge in [0, 0.05) is 16.7 Å². The van der Waals surface area contributed by atoms with Crippen molar-refractivity contribution in [1.82, 2.24) is 10.3 Å². The fourth-order valence-corrected chi connectivity index (χ4v) is 2.04. The molecule has 4 nitrogen and oxygen atoms in total. The molecular weight excluding hydrogens is 302 g/mol. The van der Waals surface area contributed by atoms with E-state index in [0.29, 0.717) is 17.4 Å². The lowest BCUT2D eigenvalue weighted by Crippen LogP contribution is -2.39. The first-order valence-corrected chi connectivity index (χ1v) is 6.63. The lowest BCUT2D eigenvalue weighted by molar-refractivity contribution is 0.0917. The lowest BCUT2D eigenvalue weighted by Gasteiger charge is -2.26. The summed E-state index contributed by atoms with van der Waals surface area (Å²) < 4.78 is 0.770. The average Bonchev–Trinajstić information content (AvgIpc) is 2.26. The van der Waals surface area contributed by atoms with E-state index < -0.39 is 0 Å². The van der Waals surface area contributed by atoms with Crippen LogP contribution in [-0.4, -0.2) is 22.4 Å². The molecule has 1 fully saturated rings. The maximum Gasteiger partial charge on any atom is 0.255 e. The molecule has 0 unspecified atom stereocenters. The van der Waals surface area contributed by atoms with E-state index in [2.05, 4.69) is 31.5 Å². The van der Waals surface area contributed by atoms with Crippen molar-refractivity contribution in [3.05, 3.63) is 22.3 Å². The van der Waals surface area contributed by atoms with Gasteiger partial charge >= 0.3 is 0 Å². The van der Waals surface area contributed by atoms with Crippen LogP contribution < -0.4 is 10.6 Å².